The summed E-state index contributed by atoms with van der Waals surface area (Å²) >= 11 is 0. The van der Waals surface area contributed by atoms with Gasteiger partial charge >= 0.3 is 7.12 Å². The molecule has 3 heterocycles. The fourth-order valence-corrected chi connectivity index (χ4v) is 2.96. The number of rotatable bonds is 1. The van der Waals surface area contributed by atoms with E-state index < -0.39 is 0 Å². The number of aryl methyl sites for hydroxylation is 1. The van der Waals surface area contributed by atoms with E-state index in [4.69, 9.17) is 14.0 Å². The highest BCUT2D eigenvalue weighted by atomic mass is 16.7. The standard InChI is InChI=1S/C16H21BN2O3/c1-15(2)16(3,4)22-17(21-15)11-6-7-12-13(10-11)19-8-5-9-20-14(19)18-12/h6-7,10H,5,8-9H2,1-4H3. The topological polar surface area (TPSA) is 45.5 Å². The predicted octanol–water partition coefficient (Wildman–Crippen LogP) is 2.12. The first kappa shape index (κ1) is 14.1. The summed E-state index contributed by atoms with van der Waals surface area (Å²) in [7, 11) is -0.343. The van der Waals surface area contributed by atoms with Crippen LogP contribution in [0.15, 0.2) is 18.2 Å². The Bertz CT molecular complexity index is 722. The molecular formula is C16H21BN2O3. The molecule has 0 amide bonds. The lowest BCUT2D eigenvalue weighted by Gasteiger charge is -2.32. The molecule has 5 nitrogen and oxygen atoms in total. The van der Waals surface area contributed by atoms with Crippen LogP contribution in [-0.4, -0.2) is 34.5 Å². The second-order valence-corrected chi connectivity index (χ2v) is 7.08. The van der Waals surface area contributed by atoms with Crippen molar-refractivity contribution in [2.75, 3.05) is 6.61 Å². The van der Waals surface area contributed by atoms with Gasteiger partial charge in [0.15, 0.2) is 0 Å². The molecule has 2 aromatic rings. The smallest absolute Gasteiger partial charge is 0.465 e. The normalized spacial score (nSPS) is 22.6. The van der Waals surface area contributed by atoms with Crippen LogP contribution >= 0.6 is 0 Å². The molecule has 1 saturated heterocycles. The molecule has 0 bridgehead atoms. The summed E-state index contributed by atoms with van der Waals surface area (Å²) in [6.45, 7) is 9.96. The maximum Gasteiger partial charge on any atom is 0.494 e. The summed E-state index contributed by atoms with van der Waals surface area (Å²) in [5, 5.41) is 0. The molecule has 0 radical (unpaired) electrons. The average molecular weight is 300 g/mol. The molecule has 0 aliphatic carbocycles. The van der Waals surface area contributed by atoms with Crippen LogP contribution in [0.4, 0.5) is 0 Å². The molecule has 2 aliphatic rings. The first-order valence-electron chi connectivity index (χ1n) is 7.86. The molecule has 6 heteroatoms. The van der Waals surface area contributed by atoms with Gasteiger partial charge in [0.2, 0.25) is 0 Å². The third-order valence-corrected chi connectivity index (χ3v) is 5.02. The summed E-state index contributed by atoms with van der Waals surface area (Å²) in [5.74, 6) is 0. The van der Waals surface area contributed by atoms with Crippen LogP contribution in [0.1, 0.15) is 34.1 Å². The Morgan fingerprint density at radius 1 is 1.14 bits per heavy atom. The highest BCUT2D eigenvalue weighted by Gasteiger charge is 2.51. The maximum atomic E-state index is 6.14. The van der Waals surface area contributed by atoms with Crippen LogP contribution in [0.3, 0.4) is 0 Å². The van der Waals surface area contributed by atoms with Crippen LogP contribution in [0.25, 0.3) is 11.0 Å². The van der Waals surface area contributed by atoms with Crippen molar-refractivity contribution < 1.29 is 14.0 Å². The lowest BCUT2D eigenvalue weighted by Crippen LogP contribution is -2.41. The molecule has 116 valence electrons. The molecule has 0 unspecified atom stereocenters. The zero-order valence-electron chi connectivity index (χ0n) is 13.5. The fourth-order valence-electron chi connectivity index (χ4n) is 2.96. The Kier molecular flexibility index (Phi) is 2.88. The van der Waals surface area contributed by atoms with Crippen molar-refractivity contribution in [2.24, 2.45) is 0 Å². The summed E-state index contributed by atoms with van der Waals surface area (Å²) in [6.07, 6.45) is 1.01. The van der Waals surface area contributed by atoms with Gasteiger partial charge in [-0.3, -0.25) is 4.57 Å². The van der Waals surface area contributed by atoms with Crippen molar-refractivity contribution in [3.05, 3.63) is 18.2 Å². The first-order chi connectivity index (χ1) is 10.4. The van der Waals surface area contributed by atoms with E-state index in [0.717, 1.165) is 36.1 Å². The van der Waals surface area contributed by atoms with E-state index in [-0.39, 0.29) is 18.3 Å². The van der Waals surface area contributed by atoms with Crippen molar-refractivity contribution in [3.63, 3.8) is 0 Å². The molecule has 22 heavy (non-hydrogen) atoms. The molecule has 0 saturated carbocycles. The van der Waals surface area contributed by atoms with Crippen LogP contribution in [0, 0.1) is 0 Å². The summed E-state index contributed by atoms with van der Waals surface area (Å²) in [5.41, 5.74) is 2.41. The van der Waals surface area contributed by atoms with Gasteiger partial charge in [-0.25, -0.2) is 0 Å². The zero-order valence-corrected chi connectivity index (χ0v) is 13.5. The lowest BCUT2D eigenvalue weighted by atomic mass is 9.79. The Morgan fingerprint density at radius 2 is 1.86 bits per heavy atom. The van der Waals surface area contributed by atoms with Crippen LogP contribution < -0.4 is 10.2 Å². The second-order valence-electron chi connectivity index (χ2n) is 7.08. The minimum Gasteiger partial charge on any atom is -0.465 e. The molecule has 0 N–H and O–H groups in total. The molecule has 0 spiro atoms. The number of fused-ring (bicyclic) bond motifs is 3. The van der Waals surface area contributed by atoms with Crippen LogP contribution in [0.5, 0.6) is 6.01 Å². The van der Waals surface area contributed by atoms with E-state index in [1.54, 1.807) is 0 Å². The van der Waals surface area contributed by atoms with Crippen LogP contribution in [0.2, 0.25) is 0 Å². The van der Waals surface area contributed by atoms with Gasteiger partial charge in [0.1, 0.15) is 0 Å². The van der Waals surface area contributed by atoms with Gasteiger partial charge in [-0.05, 0) is 51.7 Å². The Balaban J connectivity index is 1.74. The monoisotopic (exact) mass is 300 g/mol. The van der Waals surface area contributed by atoms with Crippen molar-refractivity contribution in [1.29, 1.82) is 0 Å². The largest absolute Gasteiger partial charge is 0.494 e. The van der Waals surface area contributed by atoms with Crippen LogP contribution in [-0.2, 0) is 15.9 Å². The minimum absolute atomic E-state index is 0.327. The van der Waals surface area contributed by atoms with Gasteiger partial charge in [-0.2, -0.15) is 4.98 Å². The SMILES string of the molecule is CC1(C)OB(c2ccc3nc4n(c3c2)CCCO4)OC1(C)C. The van der Waals surface area contributed by atoms with E-state index in [2.05, 4.69) is 43.3 Å². The maximum absolute atomic E-state index is 6.14. The van der Waals surface area contributed by atoms with Gasteiger partial charge in [0.05, 0.1) is 28.8 Å². The van der Waals surface area contributed by atoms with E-state index in [0.29, 0.717) is 6.01 Å². The third kappa shape index (κ3) is 1.97. The highest BCUT2D eigenvalue weighted by Crippen LogP contribution is 2.36. The number of hydrogen-bond donors (Lipinski definition) is 0. The summed E-state index contributed by atoms with van der Waals surface area (Å²) < 4.78 is 20.0. The van der Waals surface area contributed by atoms with Gasteiger partial charge in [-0.1, -0.05) is 6.07 Å². The third-order valence-electron chi connectivity index (χ3n) is 5.02. The Labute approximate surface area is 130 Å². The Hall–Kier alpha value is -1.53. The first-order valence-corrected chi connectivity index (χ1v) is 7.86. The predicted molar refractivity (Wildman–Crippen MR) is 85.6 cm³/mol. The van der Waals surface area contributed by atoms with Gasteiger partial charge in [0, 0.05) is 6.54 Å². The molecule has 1 aromatic heterocycles. The number of aromatic nitrogens is 2. The zero-order chi connectivity index (χ0) is 15.5. The molecule has 4 rings (SSSR count). The number of hydrogen-bond acceptors (Lipinski definition) is 4. The molecule has 2 aliphatic heterocycles. The average Bonchev–Trinajstić information content (AvgIpc) is 2.93. The molecule has 0 atom stereocenters. The van der Waals surface area contributed by atoms with Crippen molar-refractivity contribution in [2.45, 2.75) is 51.9 Å². The second kappa shape index (κ2) is 4.49. The fraction of sp³-hybridized carbons (Fsp3) is 0.562. The number of ether oxygens (including phenoxy) is 1. The van der Waals surface area contributed by atoms with Gasteiger partial charge in [-0.15, -0.1) is 0 Å². The lowest BCUT2D eigenvalue weighted by molar-refractivity contribution is 0.00578. The summed E-state index contributed by atoms with van der Waals surface area (Å²) in [4.78, 5) is 4.54. The molecular weight excluding hydrogens is 279 g/mol. The van der Waals surface area contributed by atoms with E-state index in [1.165, 1.54) is 0 Å². The number of nitrogens with zero attached hydrogens (tertiary/aromatic N) is 2. The van der Waals surface area contributed by atoms with Gasteiger partial charge < -0.3 is 14.0 Å². The molecule has 1 aromatic carbocycles. The van der Waals surface area contributed by atoms with E-state index >= 15 is 0 Å². The molecule has 1 fully saturated rings. The number of imidazole rings is 1. The number of benzene rings is 1. The highest BCUT2D eigenvalue weighted by molar-refractivity contribution is 6.62. The van der Waals surface area contributed by atoms with E-state index in [9.17, 15) is 0 Å². The Morgan fingerprint density at radius 3 is 2.59 bits per heavy atom. The van der Waals surface area contributed by atoms with Crippen molar-refractivity contribution >= 4 is 23.6 Å². The quantitative estimate of drug-likeness (QED) is 0.757. The van der Waals surface area contributed by atoms with Gasteiger partial charge in [0.25, 0.3) is 6.01 Å². The summed E-state index contributed by atoms with van der Waals surface area (Å²) in [6, 6.07) is 6.88. The van der Waals surface area contributed by atoms with Crippen molar-refractivity contribution in [3.8, 4) is 6.01 Å². The minimum atomic E-state index is -0.343. The van der Waals surface area contributed by atoms with E-state index in [1.807, 2.05) is 12.1 Å². The van der Waals surface area contributed by atoms with Crippen molar-refractivity contribution in [1.82, 2.24) is 9.55 Å².